The van der Waals surface area contributed by atoms with Gasteiger partial charge in [0.05, 0.1) is 4.88 Å². The molecule has 0 spiro atoms. The molecular weight excluding hydrogens is 379 g/mol. The topological polar surface area (TPSA) is 64.0 Å². The highest BCUT2D eigenvalue weighted by Gasteiger charge is 2.25. The van der Waals surface area contributed by atoms with E-state index in [0.717, 1.165) is 43.3 Å². The first-order chi connectivity index (χ1) is 13.7. The Morgan fingerprint density at radius 3 is 2.75 bits per heavy atom. The number of piperazine rings is 1. The van der Waals surface area contributed by atoms with Gasteiger partial charge in [0.15, 0.2) is 6.54 Å². The van der Waals surface area contributed by atoms with Crippen LogP contribution >= 0.6 is 11.3 Å². The molecule has 0 unspecified atom stereocenters. The minimum Gasteiger partial charge on any atom is -0.443 e. The minimum absolute atomic E-state index is 0.0823. The number of benzene rings is 1. The van der Waals surface area contributed by atoms with E-state index in [-0.39, 0.29) is 11.7 Å². The predicted octanol–water partition coefficient (Wildman–Crippen LogP) is 0.464. The Bertz CT molecular complexity index is 920. The van der Waals surface area contributed by atoms with Crippen molar-refractivity contribution in [1.29, 1.82) is 0 Å². The summed E-state index contributed by atoms with van der Waals surface area (Å²) in [6, 6.07) is 9.97. The lowest BCUT2D eigenvalue weighted by Gasteiger charge is -2.28. The van der Waals surface area contributed by atoms with Crippen LogP contribution in [0.2, 0.25) is 0 Å². The molecule has 3 N–H and O–H groups in total. The highest BCUT2D eigenvalue weighted by Crippen LogP contribution is 2.23. The summed E-state index contributed by atoms with van der Waals surface area (Å²) in [5.74, 6) is 0.251. The number of nitrogens with zero attached hydrogens (tertiary/aromatic N) is 1. The number of hydrogen-bond acceptors (Lipinski definition) is 4. The number of quaternary nitrogens is 2. The van der Waals surface area contributed by atoms with Gasteiger partial charge in [-0.15, -0.1) is 11.3 Å². The van der Waals surface area contributed by atoms with Gasteiger partial charge in [-0.1, -0.05) is 12.1 Å². The maximum absolute atomic E-state index is 13.2. The second-order valence-electron chi connectivity index (χ2n) is 7.03. The molecule has 3 aromatic rings. The summed E-state index contributed by atoms with van der Waals surface area (Å²) in [4.78, 5) is 20.5. The SMILES string of the molecule is O=C(C[NH+]1CC[NH+](Cc2coc(-c3cccs3)n2)CC1)Nc1cccc(F)c1. The van der Waals surface area contributed by atoms with Gasteiger partial charge in [-0.05, 0) is 29.6 Å². The zero-order valence-electron chi connectivity index (χ0n) is 15.4. The number of rotatable bonds is 6. The molecule has 1 aliphatic rings. The molecule has 2 aromatic heterocycles. The van der Waals surface area contributed by atoms with E-state index in [9.17, 15) is 9.18 Å². The number of carbonyl (C=O) groups excluding carboxylic acids is 1. The molecule has 0 aliphatic carbocycles. The number of oxazole rings is 1. The monoisotopic (exact) mass is 402 g/mol. The molecule has 1 aliphatic heterocycles. The van der Waals surface area contributed by atoms with Crippen molar-refractivity contribution in [3.63, 3.8) is 0 Å². The van der Waals surface area contributed by atoms with Crippen molar-refractivity contribution in [2.75, 3.05) is 38.0 Å². The van der Waals surface area contributed by atoms with Gasteiger partial charge in [0, 0.05) is 5.69 Å². The van der Waals surface area contributed by atoms with Crippen LogP contribution in [0, 0.1) is 5.82 Å². The van der Waals surface area contributed by atoms with Crippen LogP contribution in [-0.4, -0.2) is 43.6 Å². The fourth-order valence-corrected chi connectivity index (χ4v) is 4.12. The second kappa shape index (κ2) is 8.64. The fraction of sp³-hybridized carbons (Fsp3) is 0.300. The number of hydrogen-bond donors (Lipinski definition) is 3. The van der Waals surface area contributed by atoms with Crippen molar-refractivity contribution < 1.29 is 23.4 Å². The van der Waals surface area contributed by atoms with Crippen molar-refractivity contribution in [3.05, 3.63) is 59.6 Å². The van der Waals surface area contributed by atoms with Crippen LogP contribution in [0.5, 0.6) is 0 Å². The quantitative estimate of drug-likeness (QED) is 0.562. The summed E-state index contributed by atoms with van der Waals surface area (Å²) in [6.45, 7) is 5.02. The van der Waals surface area contributed by atoms with Gasteiger partial charge in [-0.2, -0.15) is 0 Å². The Morgan fingerprint density at radius 1 is 1.18 bits per heavy atom. The van der Waals surface area contributed by atoms with Gasteiger partial charge in [-0.25, -0.2) is 9.37 Å². The first-order valence-electron chi connectivity index (χ1n) is 9.36. The maximum atomic E-state index is 13.2. The number of nitrogens with one attached hydrogen (secondary N) is 3. The number of aromatic nitrogens is 1. The number of anilines is 1. The van der Waals surface area contributed by atoms with Gasteiger partial charge in [-0.3, -0.25) is 4.79 Å². The van der Waals surface area contributed by atoms with Gasteiger partial charge in [0.25, 0.3) is 5.91 Å². The molecule has 8 heteroatoms. The van der Waals surface area contributed by atoms with Crippen LogP contribution in [0.15, 0.2) is 52.5 Å². The summed E-state index contributed by atoms with van der Waals surface area (Å²) >= 11 is 1.62. The number of carbonyl (C=O) groups is 1. The summed E-state index contributed by atoms with van der Waals surface area (Å²) in [7, 11) is 0. The highest BCUT2D eigenvalue weighted by atomic mass is 32.1. The van der Waals surface area contributed by atoms with E-state index in [0.29, 0.717) is 18.1 Å². The van der Waals surface area contributed by atoms with Crippen LogP contribution in [0.3, 0.4) is 0 Å². The van der Waals surface area contributed by atoms with Crippen molar-refractivity contribution in [1.82, 2.24) is 4.98 Å². The molecule has 0 atom stereocenters. The Labute approximate surface area is 166 Å². The van der Waals surface area contributed by atoms with E-state index in [1.807, 2.05) is 17.5 Å². The summed E-state index contributed by atoms with van der Waals surface area (Å²) in [5, 5.41) is 4.78. The lowest BCUT2D eigenvalue weighted by molar-refractivity contribution is -1.02. The molecule has 3 heterocycles. The smallest absolute Gasteiger partial charge is 0.279 e. The summed E-state index contributed by atoms with van der Waals surface area (Å²) < 4.78 is 18.8. The Kier molecular flexibility index (Phi) is 5.80. The van der Waals surface area contributed by atoms with Gasteiger partial charge in [0.2, 0.25) is 5.89 Å². The predicted molar refractivity (Wildman–Crippen MR) is 105 cm³/mol. The van der Waals surface area contributed by atoms with Crippen LogP contribution in [-0.2, 0) is 11.3 Å². The zero-order valence-corrected chi connectivity index (χ0v) is 16.2. The molecular formula is C20H23FN4O2S+2. The number of amides is 1. The van der Waals surface area contributed by atoms with Crippen LogP contribution in [0.1, 0.15) is 5.69 Å². The molecule has 6 nitrogen and oxygen atoms in total. The average molecular weight is 402 g/mol. The van der Waals surface area contributed by atoms with Crippen molar-refractivity contribution in [2.24, 2.45) is 0 Å². The molecule has 146 valence electrons. The van der Waals surface area contributed by atoms with Crippen molar-refractivity contribution >= 4 is 22.9 Å². The number of thiophene rings is 1. The molecule has 0 bridgehead atoms. The van der Waals surface area contributed by atoms with E-state index in [1.165, 1.54) is 21.9 Å². The molecule has 1 saturated heterocycles. The maximum Gasteiger partial charge on any atom is 0.279 e. The van der Waals surface area contributed by atoms with E-state index in [1.54, 1.807) is 29.7 Å². The molecule has 1 fully saturated rings. The van der Waals surface area contributed by atoms with E-state index in [4.69, 9.17) is 4.42 Å². The van der Waals surface area contributed by atoms with Gasteiger partial charge < -0.3 is 19.5 Å². The van der Waals surface area contributed by atoms with Crippen molar-refractivity contribution in [3.8, 4) is 10.8 Å². The second-order valence-corrected chi connectivity index (χ2v) is 7.98. The molecule has 0 radical (unpaired) electrons. The van der Waals surface area contributed by atoms with Crippen LogP contribution < -0.4 is 15.1 Å². The van der Waals surface area contributed by atoms with Crippen molar-refractivity contribution in [2.45, 2.75) is 6.54 Å². The highest BCUT2D eigenvalue weighted by molar-refractivity contribution is 7.13. The van der Waals surface area contributed by atoms with E-state index >= 15 is 0 Å². The van der Waals surface area contributed by atoms with E-state index < -0.39 is 0 Å². The molecule has 1 amide bonds. The Hall–Kier alpha value is -2.55. The lowest BCUT2D eigenvalue weighted by Crippen LogP contribution is -3.28. The minimum atomic E-state index is -0.350. The number of halogens is 1. The third-order valence-corrected chi connectivity index (χ3v) is 5.76. The van der Waals surface area contributed by atoms with Gasteiger partial charge >= 0.3 is 0 Å². The lowest BCUT2D eigenvalue weighted by atomic mass is 10.2. The van der Waals surface area contributed by atoms with Crippen LogP contribution in [0.4, 0.5) is 10.1 Å². The Morgan fingerprint density at radius 2 is 2.00 bits per heavy atom. The third kappa shape index (κ3) is 4.83. The first kappa shape index (κ1) is 18.8. The Balaban J connectivity index is 1.23. The molecule has 1 aromatic carbocycles. The zero-order chi connectivity index (χ0) is 19.3. The average Bonchev–Trinajstić information content (AvgIpc) is 3.35. The molecule has 28 heavy (non-hydrogen) atoms. The summed E-state index contributed by atoms with van der Waals surface area (Å²) in [6.07, 6.45) is 1.74. The standard InChI is InChI=1S/C20H21FN4O2S/c21-15-3-1-4-16(11-15)22-19(26)13-25-8-6-24(7-9-25)12-17-14-27-20(23-17)18-5-2-10-28-18/h1-5,10-11,14H,6-9,12-13H2,(H,22,26)/p+2. The van der Waals surface area contributed by atoms with E-state index in [2.05, 4.69) is 10.3 Å². The van der Waals surface area contributed by atoms with Crippen LogP contribution in [0.25, 0.3) is 10.8 Å². The third-order valence-electron chi connectivity index (χ3n) is 4.90. The summed E-state index contributed by atoms with van der Waals surface area (Å²) in [5.41, 5.74) is 1.46. The molecule has 4 rings (SSSR count). The fourth-order valence-electron chi connectivity index (χ4n) is 3.47. The molecule has 0 saturated carbocycles. The largest absolute Gasteiger partial charge is 0.443 e. The normalized spacial score (nSPS) is 19.5. The van der Waals surface area contributed by atoms with Gasteiger partial charge in [0.1, 0.15) is 50.5 Å². The first-order valence-corrected chi connectivity index (χ1v) is 10.2.